The van der Waals surface area contributed by atoms with Gasteiger partial charge in [-0.15, -0.1) is 0 Å². The quantitative estimate of drug-likeness (QED) is 0.0222. The van der Waals surface area contributed by atoms with Crippen LogP contribution < -0.4 is 0 Å². The van der Waals surface area contributed by atoms with E-state index in [9.17, 15) is 43.2 Å². The number of aliphatic hydroxyl groups excluding tert-OH is 1. The van der Waals surface area contributed by atoms with Crippen molar-refractivity contribution in [3.63, 3.8) is 0 Å². The lowest BCUT2D eigenvalue weighted by Gasteiger charge is -2.21. The third-order valence-electron chi connectivity index (χ3n) is 19.8. The molecular weight excluding hydrogens is 1340 g/mol. The number of aliphatic hydroxyl groups is 1. The third-order valence-corrected chi connectivity index (χ3v) is 21.7. The van der Waals surface area contributed by atoms with Gasteiger partial charge in [-0.3, -0.25) is 37.3 Å². The van der Waals surface area contributed by atoms with Gasteiger partial charge in [-0.25, -0.2) is 9.13 Å². The van der Waals surface area contributed by atoms with Crippen LogP contribution in [0.4, 0.5) is 0 Å². The molecule has 0 spiro atoms. The average molecular weight is 1510 g/mol. The lowest BCUT2D eigenvalue weighted by Crippen LogP contribution is -2.30. The molecule has 0 amide bonds. The Morgan fingerprint density at radius 2 is 0.447 bits per heavy atom. The van der Waals surface area contributed by atoms with Crippen molar-refractivity contribution in [2.45, 2.75) is 470 Å². The summed E-state index contributed by atoms with van der Waals surface area (Å²) in [5.74, 6) is -1.33. The molecule has 0 heterocycles. The molecule has 612 valence electrons. The fourth-order valence-electron chi connectivity index (χ4n) is 13.1. The summed E-state index contributed by atoms with van der Waals surface area (Å²) < 4.78 is 68.9. The second-order valence-electron chi connectivity index (χ2n) is 30.7. The molecular formula is C84H164O17P2. The van der Waals surface area contributed by atoms with E-state index in [1.165, 1.54) is 276 Å². The van der Waals surface area contributed by atoms with Gasteiger partial charge in [0.15, 0.2) is 12.2 Å². The molecule has 0 aromatic heterocycles. The van der Waals surface area contributed by atoms with E-state index in [0.29, 0.717) is 25.7 Å². The second kappa shape index (κ2) is 76.8. The Labute approximate surface area is 632 Å². The van der Waals surface area contributed by atoms with E-state index in [4.69, 9.17) is 37.0 Å². The molecule has 17 nitrogen and oxygen atoms in total. The Morgan fingerprint density at radius 1 is 0.262 bits per heavy atom. The first-order valence-corrected chi connectivity index (χ1v) is 46.6. The van der Waals surface area contributed by atoms with E-state index in [1.54, 1.807) is 0 Å². The van der Waals surface area contributed by atoms with E-state index in [-0.39, 0.29) is 25.7 Å². The van der Waals surface area contributed by atoms with Gasteiger partial charge in [0.25, 0.3) is 0 Å². The van der Waals surface area contributed by atoms with Gasteiger partial charge in [-0.1, -0.05) is 401 Å². The van der Waals surface area contributed by atoms with Crippen LogP contribution in [0, 0.1) is 5.92 Å². The number of ether oxygens (including phenoxy) is 4. The van der Waals surface area contributed by atoms with Crippen molar-refractivity contribution in [2.75, 3.05) is 39.6 Å². The zero-order chi connectivity index (χ0) is 75.5. The van der Waals surface area contributed by atoms with Crippen molar-refractivity contribution in [1.29, 1.82) is 0 Å². The zero-order valence-corrected chi connectivity index (χ0v) is 69.3. The maximum absolute atomic E-state index is 13.1. The molecule has 0 fully saturated rings. The van der Waals surface area contributed by atoms with Crippen LogP contribution in [-0.2, 0) is 65.4 Å². The van der Waals surface area contributed by atoms with Crippen LogP contribution in [0.3, 0.4) is 0 Å². The number of phosphoric acid groups is 2. The maximum atomic E-state index is 13.1. The van der Waals surface area contributed by atoms with Gasteiger partial charge < -0.3 is 33.8 Å². The Balaban J connectivity index is 5.26. The molecule has 19 heteroatoms. The summed E-state index contributed by atoms with van der Waals surface area (Å²) in [5.41, 5.74) is 0. The molecule has 0 aromatic carbocycles. The van der Waals surface area contributed by atoms with Gasteiger partial charge in [0.2, 0.25) is 0 Å². The molecule has 3 N–H and O–H groups in total. The first kappa shape index (κ1) is 101. The summed E-state index contributed by atoms with van der Waals surface area (Å²) in [6, 6.07) is 0. The van der Waals surface area contributed by atoms with Crippen LogP contribution in [0.5, 0.6) is 0 Å². The Bertz CT molecular complexity index is 1960. The molecule has 0 radical (unpaired) electrons. The van der Waals surface area contributed by atoms with Crippen molar-refractivity contribution in [1.82, 2.24) is 0 Å². The highest BCUT2D eigenvalue weighted by atomic mass is 31.2. The number of rotatable bonds is 84. The highest BCUT2D eigenvalue weighted by Crippen LogP contribution is 2.45. The smallest absolute Gasteiger partial charge is 0.462 e. The summed E-state index contributed by atoms with van der Waals surface area (Å²) >= 11 is 0. The minimum Gasteiger partial charge on any atom is -0.462 e. The van der Waals surface area contributed by atoms with Gasteiger partial charge in [0.1, 0.15) is 19.3 Å². The number of esters is 4. The van der Waals surface area contributed by atoms with Crippen LogP contribution in [0.2, 0.25) is 0 Å². The number of carbonyl (C=O) groups excluding carboxylic acids is 4. The van der Waals surface area contributed by atoms with Gasteiger partial charge in [-0.2, -0.15) is 0 Å². The van der Waals surface area contributed by atoms with E-state index in [0.717, 1.165) is 95.8 Å². The maximum Gasteiger partial charge on any atom is 0.472 e. The SMILES string of the molecule is CCCCCCCCCCCCCCCCCCCCCC(=O)O[C@H](COC(=O)CCCCCCCCCCCCCCCCCCC)COP(=O)(O)OC[C@@H](O)COP(=O)(O)OC[C@@H](COC(=O)CCCCCCCCCCCCCCC)OC(=O)CCCCCCCCCCCCCC(C)C. The molecule has 0 bridgehead atoms. The predicted molar refractivity (Wildman–Crippen MR) is 423 cm³/mol. The van der Waals surface area contributed by atoms with Crippen LogP contribution in [0.25, 0.3) is 0 Å². The minimum atomic E-state index is -4.96. The van der Waals surface area contributed by atoms with Crippen molar-refractivity contribution >= 4 is 39.5 Å². The first-order valence-electron chi connectivity index (χ1n) is 43.6. The number of carbonyl (C=O) groups is 4. The lowest BCUT2D eigenvalue weighted by molar-refractivity contribution is -0.161. The monoisotopic (exact) mass is 1510 g/mol. The minimum absolute atomic E-state index is 0.107. The number of unbranched alkanes of at least 4 members (excludes halogenated alkanes) is 56. The van der Waals surface area contributed by atoms with Gasteiger partial charge in [0, 0.05) is 25.7 Å². The average Bonchev–Trinajstić information content (AvgIpc) is 0.951. The molecule has 0 aromatic rings. The van der Waals surface area contributed by atoms with E-state index < -0.39 is 97.5 Å². The molecule has 2 unspecified atom stereocenters. The summed E-state index contributed by atoms with van der Waals surface area (Å²) in [6.07, 6.45) is 69.3. The second-order valence-corrected chi connectivity index (χ2v) is 33.6. The van der Waals surface area contributed by atoms with E-state index in [2.05, 4.69) is 34.6 Å². The summed E-state index contributed by atoms with van der Waals surface area (Å²) in [4.78, 5) is 73.2. The Kier molecular flexibility index (Phi) is 75.4. The number of hydrogen-bond acceptors (Lipinski definition) is 15. The standard InChI is InChI=1S/C84H164O17P2/c1-6-9-12-15-18-21-24-27-29-31-32-34-36-39-44-49-54-59-64-69-83(88)100-79(73-95-82(87)68-63-58-53-48-43-38-35-33-30-28-25-22-19-16-13-10-7-2)75-98-102(90,91)96-71-78(85)72-97-103(92,93)99-76-80(74-94-81(86)67-62-57-52-47-42-37-26-23-20-17-14-11-8-3)101-84(89)70-65-60-55-50-45-40-41-46-51-56-61-66-77(4)5/h77-80,85H,6-76H2,1-5H3,(H,90,91)(H,92,93)/t78-,79-,80-/m1/s1. The normalized spacial score (nSPS) is 13.8. The van der Waals surface area contributed by atoms with Crippen LogP contribution in [0.15, 0.2) is 0 Å². The van der Waals surface area contributed by atoms with Gasteiger partial charge >= 0.3 is 39.5 Å². The summed E-state index contributed by atoms with van der Waals surface area (Å²) in [5, 5.41) is 10.7. The molecule has 0 saturated heterocycles. The molecule has 0 aliphatic carbocycles. The highest BCUT2D eigenvalue weighted by molar-refractivity contribution is 7.47. The molecule has 0 saturated carbocycles. The zero-order valence-electron chi connectivity index (χ0n) is 67.5. The molecule has 5 atom stereocenters. The molecule has 0 rings (SSSR count). The summed E-state index contributed by atoms with van der Waals surface area (Å²) in [7, 11) is -9.92. The van der Waals surface area contributed by atoms with Crippen LogP contribution >= 0.6 is 15.6 Å². The highest BCUT2D eigenvalue weighted by Gasteiger charge is 2.30. The van der Waals surface area contributed by atoms with E-state index in [1.807, 2.05) is 0 Å². The van der Waals surface area contributed by atoms with E-state index >= 15 is 0 Å². The van der Waals surface area contributed by atoms with Crippen LogP contribution in [-0.4, -0.2) is 96.7 Å². The third kappa shape index (κ3) is 78.0. The molecule has 0 aliphatic rings. The molecule has 103 heavy (non-hydrogen) atoms. The topological polar surface area (TPSA) is 237 Å². The lowest BCUT2D eigenvalue weighted by atomic mass is 10.0. The number of phosphoric ester groups is 2. The number of hydrogen-bond donors (Lipinski definition) is 3. The van der Waals surface area contributed by atoms with Gasteiger partial charge in [-0.05, 0) is 31.6 Å². The van der Waals surface area contributed by atoms with Crippen molar-refractivity contribution in [3.8, 4) is 0 Å². The fraction of sp³-hybridized carbons (Fsp3) is 0.952. The first-order chi connectivity index (χ1) is 50.0. The Morgan fingerprint density at radius 3 is 0.660 bits per heavy atom. The summed E-state index contributed by atoms with van der Waals surface area (Å²) in [6.45, 7) is 7.36. The molecule has 0 aliphatic heterocycles. The van der Waals surface area contributed by atoms with Crippen molar-refractivity contribution in [3.05, 3.63) is 0 Å². The fourth-order valence-corrected chi connectivity index (χ4v) is 14.7. The largest absolute Gasteiger partial charge is 0.472 e. The predicted octanol–water partition coefficient (Wildman–Crippen LogP) is 25.6. The van der Waals surface area contributed by atoms with Crippen LogP contribution in [0.1, 0.15) is 452 Å². The van der Waals surface area contributed by atoms with Crippen molar-refractivity contribution in [2.24, 2.45) is 5.92 Å². The van der Waals surface area contributed by atoms with Crippen molar-refractivity contribution < 1.29 is 80.2 Å². The Hall–Kier alpha value is -1.94. The van der Waals surface area contributed by atoms with Gasteiger partial charge in [0.05, 0.1) is 26.4 Å².